The lowest BCUT2D eigenvalue weighted by molar-refractivity contribution is -0.120. The third kappa shape index (κ3) is 1.85. The zero-order chi connectivity index (χ0) is 14.3. The van der Waals surface area contributed by atoms with E-state index in [-0.39, 0.29) is 24.7 Å². The Kier molecular flexibility index (Phi) is 2.60. The molecule has 0 bridgehead atoms. The van der Waals surface area contributed by atoms with E-state index >= 15 is 0 Å². The van der Waals surface area contributed by atoms with Gasteiger partial charge in [-0.2, -0.15) is 4.52 Å². The molecule has 2 N–H and O–H groups in total. The lowest BCUT2D eigenvalue weighted by atomic mass is 10.3. The van der Waals surface area contributed by atoms with Crippen molar-refractivity contribution in [1.29, 1.82) is 0 Å². The molecule has 0 atom stereocenters. The van der Waals surface area contributed by atoms with E-state index < -0.39 is 12.0 Å². The largest absolute Gasteiger partial charge is 0.475 e. The number of carboxylic acid groups (broad SMARTS) is 1. The van der Waals surface area contributed by atoms with Crippen molar-refractivity contribution in [2.45, 2.75) is 6.42 Å². The number of carboxylic acids is 1. The van der Waals surface area contributed by atoms with Crippen molar-refractivity contribution >= 4 is 29.4 Å². The predicted octanol–water partition coefficient (Wildman–Crippen LogP) is -0.126. The van der Waals surface area contributed by atoms with Gasteiger partial charge in [0.15, 0.2) is 5.65 Å². The van der Waals surface area contributed by atoms with E-state index in [0.717, 1.165) is 0 Å². The molecule has 1 aliphatic rings. The minimum absolute atomic E-state index is 0.169. The number of rotatable bonds is 2. The van der Waals surface area contributed by atoms with E-state index in [9.17, 15) is 14.4 Å². The first-order chi connectivity index (χ1) is 9.56. The quantitative estimate of drug-likeness (QED) is 0.788. The van der Waals surface area contributed by atoms with Gasteiger partial charge >= 0.3 is 12.0 Å². The molecular formula is C11H9N5O4. The highest BCUT2D eigenvalue weighted by Gasteiger charge is 2.26. The molecule has 0 aromatic carbocycles. The molecule has 3 heterocycles. The van der Waals surface area contributed by atoms with E-state index in [1.54, 1.807) is 18.2 Å². The summed E-state index contributed by atoms with van der Waals surface area (Å²) in [4.78, 5) is 39.0. The first kappa shape index (κ1) is 12.1. The van der Waals surface area contributed by atoms with E-state index in [1.165, 1.54) is 9.42 Å². The number of aromatic carboxylic acids is 1. The predicted molar refractivity (Wildman–Crippen MR) is 65.4 cm³/mol. The third-order valence-electron chi connectivity index (χ3n) is 2.86. The van der Waals surface area contributed by atoms with Crippen molar-refractivity contribution in [1.82, 2.24) is 19.9 Å². The number of amides is 3. The van der Waals surface area contributed by atoms with Gasteiger partial charge in [-0.25, -0.2) is 14.6 Å². The van der Waals surface area contributed by atoms with Gasteiger partial charge in [0.2, 0.25) is 5.91 Å². The number of nitrogens with zero attached hydrogens (tertiary/aromatic N) is 4. The van der Waals surface area contributed by atoms with Crippen molar-refractivity contribution < 1.29 is 19.5 Å². The summed E-state index contributed by atoms with van der Waals surface area (Å²) in [7, 11) is 0. The normalized spacial score (nSPS) is 15.5. The van der Waals surface area contributed by atoms with Gasteiger partial charge in [0.05, 0.1) is 0 Å². The summed E-state index contributed by atoms with van der Waals surface area (Å²) < 4.78 is 1.26. The lowest BCUT2D eigenvalue weighted by Crippen LogP contribution is -2.50. The fourth-order valence-corrected chi connectivity index (χ4v) is 1.97. The van der Waals surface area contributed by atoms with E-state index in [1.807, 2.05) is 0 Å². The smallest absolute Gasteiger partial charge is 0.375 e. The van der Waals surface area contributed by atoms with Crippen molar-refractivity contribution in [3.63, 3.8) is 0 Å². The highest BCUT2D eigenvalue weighted by molar-refractivity contribution is 6.05. The van der Waals surface area contributed by atoms with Crippen molar-refractivity contribution in [2.24, 2.45) is 0 Å². The number of hydrogen-bond acceptors (Lipinski definition) is 5. The fraction of sp³-hybridized carbons (Fsp3) is 0.182. The second kappa shape index (κ2) is 4.30. The van der Waals surface area contributed by atoms with Crippen molar-refractivity contribution in [2.75, 3.05) is 11.4 Å². The van der Waals surface area contributed by atoms with Gasteiger partial charge in [0.25, 0.3) is 5.82 Å². The minimum Gasteiger partial charge on any atom is -0.475 e. The fourth-order valence-electron chi connectivity index (χ4n) is 1.97. The van der Waals surface area contributed by atoms with Crippen LogP contribution in [0.4, 0.5) is 10.6 Å². The van der Waals surface area contributed by atoms with Gasteiger partial charge in [-0.05, 0) is 12.1 Å². The summed E-state index contributed by atoms with van der Waals surface area (Å²) in [5, 5.41) is 14.9. The maximum absolute atomic E-state index is 11.8. The Morgan fingerprint density at radius 2 is 2.15 bits per heavy atom. The Hall–Kier alpha value is -2.97. The van der Waals surface area contributed by atoms with E-state index in [2.05, 4.69) is 15.4 Å². The molecule has 0 aliphatic carbocycles. The summed E-state index contributed by atoms with van der Waals surface area (Å²) in [5.74, 6) is -1.60. The van der Waals surface area contributed by atoms with Gasteiger partial charge in [0, 0.05) is 13.0 Å². The first-order valence-electron chi connectivity index (χ1n) is 5.77. The second-order valence-electron chi connectivity index (χ2n) is 4.15. The van der Waals surface area contributed by atoms with Crippen LogP contribution in [-0.2, 0) is 4.79 Å². The number of nitrogens with one attached hydrogen (secondary N) is 1. The van der Waals surface area contributed by atoms with Crippen molar-refractivity contribution in [3.05, 3.63) is 24.0 Å². The minimum atomic E-state index is -1.25. The Morgan fingerprint density at radius 3 is 2.85 bits per heavy atom. The van der Waals surface area contributed by atoms with Gasteiger partial charge in [-0.15, -0.1) is 5.10 Å². The maximum atomic E-state index is 11.8. The average Bonchev–Trinajstić information content (AvgIpc) is 2.83. The molecule has 20 heavy (non-hydrogen) atoms. The lowest BCUT2D eigenvalue weighted by Gasteiger charge is -2.26. The molecule has 1 saturated heterocycles. The molecule has 3 amide bonds. The Balaban J connectivity index is 2.09. The van der Waals surface area contributed by atoms with Gasteiger partial charge in [-0.3, -0.25) is 15.0 Å². The molecule has 2 aromatic heterocycles. The third-order valence-corrected chi connectivity index (χ3v) is 2.86. The number of fused-ring (bicyclic) bond motifs is 1. The maximum Gasteiger partial charge on any atom is 0.375 e. The molecule has 0 radical (unpaired) electrons. The number of imide groups is 1. The monoisotopic (exact) mass is 275 g/mol. The summed E-state index contributed by atoms with van der Waals surface area (Å²) in [6.45, 7) is 0.200. The summed E-state index contributed by atoms with van der Waals surface area (Å²) in [6, 6.07) is 4.24. The number of pyridine rings is 1. The van der Waals surface area contributed by atoms with Crippen LogP contribution in [0.2, 0.25) is 0 Å². The zero-order valence-corrected chi connectivity index (χ0v) is 10.1. The number of carbonyl (C=O) groups excluding carboxylic acids is 2. The molecule has 1 fully saturated rings. The highest BCUT2D eigenvalue weighted by atomic mass is 16.4. The number of urea groups is 1. The van der Waals surface area contributed by atoms with Gasteiger partial charge in [0.1, 0.15) is 5.82 Å². The molecule has 9 nitrogen and oxygen atoms in total. The first-order valence-corrected chi connectivity index (χ1v) is 5.77. The summed E-state index contributed by atoms with van der Waals surface area (Å²) in [6.07, 6.45) is 0.169. The average molecular weight is 275 g/mol. The number of aromatic nitrogens is 3. The van der Waals surface area contributed by atoms with Gasteiger partial charge in [-0.1, -0.05) is 6.07 Å². The van der Waals surface area contributed by atoms with Crippen LogP contribution in [0.3, 0.4) is 0 Å². The van der Waals surface area contributed by atoms with E-state index in [4.69, 9.17) is 5.11 Å². The second-order valence-corrected chi connectivity index (χ2v) is 4.15. The van der Waals surface area contributed by atoms with Gasteiger partial charge < -0.3 is 5.11 Å². The SMILES string of the molecule is O=C1CCN(c2cccc3nc(C(=O)O)nn23)C(=O)N1. The molecule has 102 valence electrons. The Labute approximate surface area is 111 Å². The topological polar surface area (TPSA) is 117 Å². The van der Waals surface area contributed by atoms with Crippen LogP contribution in [0.15, 0.2) is 18.2 Å². The highest BCUT2D eigenvalue weighted by Crippen LogP contribution is 2.18. The Bertz CT molecular complexity index is 737. The molecule has 1 aliphatic heterocycles. The number of anilines is 1. The molecule has 2 aromatic rings. The van der Waals surface area contributed by atoms with Crippen LogP contribution in [0.1, 0.15) is 17.0 Å². The Morgan fingerprint density at radius 1 is 1.35 bits per heavy atom. The molecule has 9 heteroatoms. The van der Waals surface area contributed by atoms with E-state index in [0.29, 0.717) is 11.5 Å². The van der Waals surface area contributed by atoms with Crippen LogP contribution in [0, 0.1) is 0 Å². The number of carbonyl (C=O) groups is 3. The van der Waals surface area contributed by atoms with Crippen LogP contribution >= 0.6 is 0 Å². The van der Waals surface area contributed by atoms with Crippen molar-refractivity contribution in [3.8, 4) is 0 Å². The molecule has 0 spiro atoms. The summed E-state index contributed by atoms with van der Waals surface area (Å²) >= 11 is 0. The van der Waals surface area contributed by atoms with Crippen LogP contribution in [0.5, 0.6) is 0 Å². The standard InChI is InChI=1S/C11H9N5O4/c17-7-4-5-15(11(20)13-7)8-3-1-2-6-12-9(10(18)19)14-16(6)8/h1-3H,4-5H2,(H,18,19)(H,13,17,20). The molecule has 3 rings (SSSR count). The van der Waals surface area contributed by atoms with Crippen LogP contribution in [-0.4, -0.2) is 44.2 Å². The van der Waals surface area contributed by atoms with Crippen LogP contribution < -0.4 is 10.2 Å². The molecule has 0 saturated carbocycles. The zero-order valence-electron chi connectivity index (χ0n) is 10.1. The van der Waals surface area contributed by atoms with Crippen LogP contribution in [0.25, 0.3) is 5.65 Å². The number of hydrogen-bond donors (Lipinski definition) is 2. The molecule has 0 unspecified atom stereocenters. The molecular weight excluding hydrogens is 266 g/mol. The summed E-state index contributed by atoms with van der Waals surface area (Å²) in [5.41, 5.74) is 0.310.